The Morgan fingerprint density at radius 1 is 0.722 bits per heavy atom. The maximum atomic E-state index is 12.1. The normalized spacial score (nSPS) is 10.1. The van der Waals surface area contributed by atoms with Gasteiger partial charge in [0.15, 0.2) is 0 Å². The minimum absolute atomic E-state index is 0.436. The molecule has 0 fully saturated rings. The second-order valence-electron chi connectivity index (χ2n) is 3.68. The van der Waals surface area contributed by atoms with Gasteiger partial charge in [0, 0.05) is 18.3 Å². The Morgan fingerprint density at radius 2 is 1.11 bits per heavy atom. The third-order valence-electron chi connectivity index (χ3n) is 2.38. The third kappa shape index (κ3) is 3.17. The number of Topliss-reactive ketones (excluding diaryl/α,β-unsaturated/α-hetero) is 2. The first-order valence-electron chi connectivity index (χ1n) is 5.18. The Labute approximate surface area is 132 Å². The molecule has 0 radical (unpaired) electrons. The molecule has 0 aliphatic rings. The summed E-state index contributed by atoms with van der Waals surface area (Å²) in [6, 6.07) is 14.1. The van der Waals surface area contributed by atoms with Crippen LogP contribution in [0.3, 0.4) is 0 Å². The molecule has 0 heterocycles. The largest absolute Gasteiger partial charge is 0.285 e. The van der Waals surface area contributed by atoms with Crippen molar-refractivity contribution in [2.24, 2.45) is 0 Å². The Kier molecular flexibility index (Phi) is 4.50. The van der Waals surface area contributed by atoms with Gasteiger partial charge in [-0.2, -0.15) is 0 Å². The predicted molar refractivity (Wildman–Crippen MR) is 87.0 cm³/mol. The van der Waals surface area contributed by atoms with Crippen molar-refractivity contribution in [3.05, 3.63) is 66.8 Å². The average Bonchev–Trinajstić information content (AvgIpc) is 2.37. The molecule has 0 bridgehead atoms. The van der Waals surface area contributed by atoms with E-state index in [-0.39, 0.29) is 0 Å². The van der Waals surface area contributed by atoms with E-state index in [1.54, 1.807) is 36.4 Å². The molecular weight excluding hydrogens is 454 g/mol. The van der Waals surface area contributed by atoms with Gasteiger partial charge in [-0.1, -0.05) is 24.3 Å². The average molecular weight is 462 g/mol. The number of carbonyl (C=O) groups excluding carboxylic acids is 2. The van der Waals surface area contributed by atoms with E-state index in [1.807, 2.05) is 12.1 Å². The molecule has 2 nitrogen and oxygen atoms in total. The molecule has 0 saturated carbocycles. The fourth-order valence-corrected chi connectivity index (χ4v) is 2.61. The molecule has 0 unspecified atom stereocenters. The van der Waals surface area contributed by atoms with Gasteiger partial charge in [0.2, 0.25) is 11.6 Å². The second-order valence-corrected chi connectivity index (χ2v) is 6.17. The summed E-state index contributed by atoms with van der Waals surface area (Å²) in [4.78, 5) is 24.1. The number of carbonyl (C=O) groups is 2. The Bertz CT molecular complexity index is 565. The first-order valence-corrected chi connectivity index (χ1v) is 7.34. The van der Waals surface area contributed by atoms with E-state index in [0.717, 1.165) is 7.14 Å². The highest BCUT2D eigenvalue weighted by Crippen LogP contribution is 2.13. The van der Waals surface area contributed by atoms with Gasteiger partial charge in [-0.3, -0.25) is 9.59 Å². The number of benzene rings is 2. The van der Waals surface area contributed by atoms with Gasteiger partial charge >= 0.3 is 0 Å². The summed E-state index contributed by atoms with van der Waals surface area (Å²) in [5.41, 5.74) is 0.872. The maximum Gasteiger partial charge on any atom is 0.233 e. The van der Waals surface area contributed by atoms with E-state index in [0.29, 0.717) is 11.1 Å². The summed E-state index contributed by atoms with van der Waals surface area (Å²) in [6.07, 6.45) is 0. The molecule has 0 amide bonds. The maximum absolute atomic E-state index is 12.1. The predicted octanol–water partition coefficient (Wildman–Crippen LogP) is 3.96. The van der Waals surface area contributed by atoms with Crippen LogP contribution in [-0.2, 0) is 0 Å². The zero-order chi connectivity index (χ0) is 13.1. The number of rotatable bonds is 3. The molecule has 0 aliphatic carbocycles. The van der Waals surface area contributed by atoms with Crippen LogP contribution in [0.5, 0.6) is 0 Å². The summed E-state index contributed by atoms with van der Waals surface area (Å²) < 4.78 is 1.88. The second kappa shape index (κ2) is 5.92. The number of hydrogen-bond donors (Lipinski definition) is 0. The van der Waals surface area contributed by atoms with Crippen LogP contribution in [0.15, 0.2) is 48.5 Å². The lowest BCUT2D eigenvalue weighted by Crippen LogP contribution is -2.14. The van der Waals surface area contributed by atoms with Crippen LogP contribution >= 0.6 is 45.2 Å². The highest BCUT2D eigenvalue weighted by molar-refractivity contribution is 14.1. The van der Waals surface area contributed by atoms with Gasteiger partial charge in [-0.15, -0.1) is 0 Å². The van der Waals surface area contributed by atoms with E-state index < -0.39 is 11.6 Å². The molecular formula is C14H8I2O2. The molecule has 0 spiro atoms. The van der Waals surface area contributed by atoms with Crippen molar-refractivity contribution in [2.45, 2.75) is 0 Å². The van der Waals surface area contributed by atoms with Crippen molar-refractivity contribution in [1.82, 2.24) is 0 Å². The molecule has 0 saturated heterocycles. The van der Waals surface area contributed by atoms with Crippen molar-refractivity contribution < 1.29 is 9.59 Å². The molecule has 0 aromatic heterocycles. The van der Waals surface area contributed by atoms with E-state index in [9.17, 15) is 9.59 Å². The van der Waals surface area contributed by atoms with Crippen LogP contribution in [0.1, 0.15) is 20.7 Å². The van der Waals surface area contributed by atoms with Crippen molar-refractivity contribution >= 4 is 56.7 Å². The van der Waals surface area contributed by atoms with Crippen molar-refractivity contribution in [2.75, 3.05) is 0 Å². The van der Waals surface area contributed by atoms with Gasteiger partial charge in [0.05, 0.1) is 0 Å². The lowest BCUT2D eigenvalue weighted by Gasteiger charge is -2.02. The minimum atomic E-state index is -0.462. The van der Waals surface area contributed by atoms with Crippen LogP contribution in [0.2, 0.25) is 0 Å². The van der Waals surface area contributed by atoms with Crippen LogP contribution < -0.4 is 0 Å². The number of ketones is 2. The lowest BCUT2D eigenvalue weighted by molar-refractivity contribution is 0.0817. The highest BCUT2D eigenvalue weighted by Gasteiger charge is 2.18. The fourth-order valence-electron chi connectivity index (χ4n) is 1.52. The Hall–Kier alpha value is -0.760. The van der Waals surface area contributed by atoms with Gasteiger partial charge in [-0.25, -0.2) is 0 Å². The number of halogens is 2. The molecule has 90 valence electrons. The molecule has 0 N–H and O–H groups in total. The van der Waals surface area contributed by atoms with Crippen LogP contribution in [0.25, 0.3) is 0 Å². The van der Waals surface area contributed by atoms with Crippen molar-refractivity contribution in [3.8, 4) is 0 Å². The van der Waals surface area contributed by atoms with E-state index >= 15 is 0 Å². The van der Waals surface area contributed by atoms with E-state index in [1.165, 1.54) is 0 Å². The molecule has 4 heteroatoms. The standard InChI is InChI=1S/C14H8I2O2/c15-11-5-1-3-9(7-11)13(17)14(18)10-4-2-6-12(16)8-10/h1-8H. The molecule has 0 atom stereocenters. The van der Waals surface area contributed by atoms with E-state index in [2.05, 4.69) is 45.2 Å². The molecule has 2 aromatic rings. The first-order chi connectivity index (χ1) is 8.58. The van der Waals surface area contributed by atoms with Gasteiger partial charge in [0.25, 0.3) is 0 Å². The van der Waals surface area contributed by atoms with Gasteiger partial charge in [0.1, 0.15) is 0 Å². The topological polar surface area (TPSA) is 34.1 Å². The summed E-state index contributed by atoms with van der Waals surface area (Å²) in [5.74, 6) is -0.925. The van der Waals surface area contributed by atoms with Crippen molar-refractivity contribution in [3.63, 3.8) is 0 Å². The quantitative estimate of drug-likeness (QED) is 0.394. The zero-order valence-electron chi connectivity index (χ0n) is 9.19. The smallest absolute Gasteiger partial charge is 0.233 e. The van der Waals surface area contributed by atoms with Gasteiger partial charge < -0.3 is 0 Å². The van der Waals surface area contributed by atoms with Crippen molar-refractivity contribution in [1.29, 1.82) is 0 Å². The molecule has 18 heavy (non-hydrogen) atoms. The van der Waals surface area contributed by atoms with Crippen LogP contribution in [0.4, 0.5) is 0 Å². The zero-order valence-corrected chi connectivity index (χ0v) is 13.5. The third-order valence-corrected chi connectivity index (χ3v) is 3.72. The van der Waals surface area contributed by atoms with Gasteiger partial charge in [-0.05, 0) is 69.4 Å². The van der Waals surface area contributed by atoms with Crippen LogP contribution in [-0.4, -0.2) is 11.6 Å². The highest BCUT2D eigenvalue weighted by atomic mass is 127. The SMILES string of the molecule is O=C(C(=O)c1cccc(I)c1)c1cccc(I)c1. The van der Waals surface area contributed by atoms with E-state index in [4.69, 9.17) is 0 Å². The summed E-state index contributed by atoms with van der Waals surface area (Å²) in [5, 5.41) is 0. The summed E-state index contributed by atoms with van der Waals surface area (Å²) in [6.45, 7) is 0. The first kappa shape index (κ1) is 13.7. The Morgan fingerprint density at radius 3 is 1.44 bits per heavy atom. The summed E-state index contributed by atoms with van der Waals surface area (Å²) >= 11 is 4.23. The van der Waals surface area contributed by atoms with Crippen LogP contribution in [0, 0.1) is 7.14 Å². The molecule has 0 aliphatic heterocycles. The lowest BCUT2D eigenvalue weighted by atomic mass is 10.0. The Balaban J connectivity index is 2.32. The fraction of sp³-hybridized carbons (Fsp3) is 0. The molecule has 2 rings (SSSR count). The minimum Gasteiger partial charge on any atom is -0.285 e. The monoisotopic (exact) mass is 462 g/mol. The molecule has 2 aromatic carbocycles. The number of hydrogen-bond acceptors (Lipinski definition) is 2. The summed E-state index contributed by atoms with van der Waals surface area (Å²) in [7, 11) is 0.